The third-order valence-corrected chi connectivity index (χ3v) is 4.98. The standard InChI is InChI=1S/C20H20N2O4S/c1-12-9-17(14(3)22(12)19-10-13(2)26-21-19)18(23)11-25-20(24)15-5-7-16(27-4)8-6-15/h5-10H,11H2,1-4H3. The Morgan fingerprint density at radius 3 is 2.44 bits per heavy atom. The van der Waals surface area contributed by atoms with E-state index in [0.29, 0.717) is 22.7 Å². The highest BCUT2D eigenvalue weighted by Crippen LogP contribution is 2.21. The highest BCUT2D eigenvalue weighted by molar-refractivity contribution is 7.98. The maximum atomic E-state index is 12.6. The van der Waals surface area contributed by atoms with Crippen molar-refractivity contribution in [3.63, 3.8) is 0 Å². The molecule has 0 bridgehead atoms. The first-order valence-corrected chi connectivity index (χ1v) is 9.60. The van der Waals surface area contributed by atoms with Gasteiger partial charge in [0, 0.05) is 27.9 Å². The minimum atomic E-state index is -0.517. The van der Waals surface area contributed by atoms with Gasteiger partial charge in [-0.05, 0) is 57.4 Å². The Hall–Kier alpha value is -2.80. The van der Waals surface area contributed by atoms with Crippen LogP contribution >= 0.6 is 11.8 Å². The molecule has 3 rings (SSSR count). The number of ketones is 1. The molecule has 2 aromatic heterocycles. The van der Waals surface area contributed by atoms with Crippen molar-refractivity contribution in [2.75, 3.05) is 12.9 Å². The molecule has 0 saturated carbocycles. The van der Waals surface area contributed by atoms with Crippen LogP contribution < -0.4 is 0 Å². The average molecular weight is 384 g/mol. The molecule has 2 heterocycles. The van der Waals surface area contributed by atoms with E-state index < -0.39 is 5.97 Å². The smallest absolute Gasteiger partial charge is 0.338 e. The Bertz CT molecular complexity index is 986. The number of hydrogen-bond donors (Lipinski definition) is 0. The molecule has 0 fully saturated rings. The monoisotopic (exact) mass is 384 g/mol. The Kier molecular flexibility index (Phi) is 5.51. The summed E-state index contributed by atoms with van der Waals surface area (Å²) in [5.41, 5.74) is 2.50. The molecule has 27 heavy (non-hydrogen) atoms. The fourth-order valence-corrected chi connectivity index (χ4v) is 3.28. The second-order valence-electron chi connectivity index (χ2n) is 6.14. The van der Waals surface area contributed by atoms with E-state index in [9.17, 15) is 9.59 Å². The van der Waals surface area contributed by atoms with Crippen molar-refractivity contribution in [2.24, 2.45) is 0 Å². The normalized spacial score (nSPS) is 10.8. The van der Waals surface area contributed by atoms with Crippen LogP contribution in [0.1, 0.15) is 37.9 Å². The summed E-state index contributed by atoms with van der Waals surface area (Å²) in [5.74, 6) is 0.528. The molecule has 0 saturated heterocycles. The minimum absolute atomic E-state index is 0.261. The van der Waals surface area contributed by atoms with Crippen LogP contribution in [0.3, 0.4) is 0 Å². The lowest BCUT2D eigenvalue weighted by Crippen LogP contribution is -2.15. The third-order valence-electron chi connectivity index (χ3n) is 4.24. The van der Waals surface area contributed by atoms with Crippen LogP contribution in [0.25, 0.3) is 5.82 Å². The molecule has 1 aromatic carbocycles. The van der Waals surface area contributed by atoms with E-state index in [1.165, 1.54) is 0 Å². The highest BCUT2D eigenvalue weighted by atomic mass is 32.2. The van der Waals surface area contributed by atoms with Gasteiger partial charge in [-0.3, -0.25) is 9.36 Å². The zero-order valence-corrected chi connectivity index (χ0v) is 16.4. The van der Waals surface area contributed by atoms with Gasteiger partial charge in [0.2, 0.25) is 5.78 Å². The van der Waals surface area contributed by atoms with Gasteiger partial charge in [-0.2, -0.15) is 0 Å². The van der Waals surface area contributed by atoms with E-state index in [2.05, 4.69) is 5.16 Å². The number of thioether (sulfide) groups is 1. The van der Waals surface area contributed by atoms with E-state index in [1.807, 2.05) is 43.7 Å². The van der Waals surface area contributed by atoms with Crippen molar-refractivity contribution in [3.8, 4) is 5.82 Å². The van der Waals surface area contributed by atoms with Crippen molar-refractivity contribution >= 4 is 23.5 Å². The lowest BCUT2D eigenvalue weighted by Gasteiger charge is -2.06. The van der Waals surface area contributed by atoms with Crippen LogP contribution in [0.2, 0.25) is 0 Å². The second-order valence-corrected chi connectivity index (χ2v) is 7.02. The van der Waals surface area contributed by atoms with Crippen molar-refractivity contribution in [3.05, 3.63) is 64.7 Å². The molecule has 6 nitrogen and oxygen atoms in total. The highest BCUT2D eigenvalue weighted by Gasteiger charge is 2.20. The molecule has 140 valence electrons. The van der Waals surface area contributed by atoms with Crippen molar-refractivity contribution < 1.29 is 18.8 Å². The van der Waals surface area contributed by atoms with Gasteiger partial charge in [-0.1, -0.05) is 5.16 Å². The largest absolute Gasteiger partial charge is 0.454 e. The first-order valence-electron chi connectivity index (χ1n) is 8.37. The summed E-state index contributed by atoms with van der Waals surface area (Å²) in [6.07, 6.45) is 1.96. The predicted octanol–water partition coefficient (Wildman–Crippen LogP) is 4.15. The summed E-state index contributed by atoms with van der Waals surface area (Å²) in [7, 11) is 0. The van der Waals surface area contributed by atoms with Crippen molar-refractivity contribution in [1.29, 1.82) is 0 Å². The zero-order valence-electron chi connectivity index (χ0n) is 15.6. The van der Waals surface area contributed by atoms with E-state index in [1.54, 1.807) is 36.0 Å². The number of hydrogen-bond acceptors (Lipinski definition) is 6. The fraction of sp³-hybridized carbons (Fsp3) is 0.250. The number of aromatic nitrogens is 2. The minimum Gasteiger partial charge on any atom is -0.454 e. The number of ether oxygens (including phenoxy) is 1. The molecule has 0 spiro atoms. The van der Waals surface area contributed by atoms with Gasteiger partial charge in [0.15, 0.2) is 12.4 Å². The number of aryl methyl sites for hydroxylation is 2. The molecule has 0 unspecified atom stereocenters. The summed E-state index contributed by atoms with van der Waals surface area (Å²) >= 11 is 1.59. The number of rotatable bonds is 6. The Balaban J connectivity index is 1.72. The molecule has 0 aliphatic heterocycles. The summed E-state index contributed by atoms with van der Waals surface area (Å²) in [6, 6.07) is 10.6. The zero-order chi connectivity index (χ0) is 19.6. The van der Waals surface area contributed by atoms with Crippen LogP contribution in [-0.2, 0) is 4.74 Å². The molecular weight excluding hydrogens is 364 g/mol. The van der Waals surface area contributed by atoms with E-state index in [-0.39, 0.29) is 12.4 Å². The van der Waals surface area contributed by atoms with Gasteiger partial charge in [-0.25, -0.2) is 4.79 Å². The van der Waals surface area contributed by atoms with Crippen LogP contribution in [-0.4, -0.2) is 34.3 Å². The SMILES string of the molecule is CSc1ccc(C(=O)OCC(=O)c2cc(C)n(-c3cc(C)on3)c2C)cc1. The number of esters is 1. The lowest BCUT2D eigenvalue weighted by molar-refractivity contribution is 0.0474. The van der Waals surface area contributed by atoms with Crippen LogP contribution in [0.4, 0.5) is 0 Å². The molecule has 0 N–H and O–H groups in total. The molecule has 0 aliphatic carbocycles. The van der Waals surface area contributed by atoms with Gasteiger partial charge >= 0.3 is 5.97 Å². The number of Topliss-reactive ketones (excluding diaryl/α,β-unsaturated/α-hetero) is 1. The van der Waals surface area contributed by atoms with Gasteiger partial charge in [0.25, 0.3) is 0 Å². The number of carbonyl (C=O) groups is 2. The lowest BCUT2D eigenvalue weighted by atomic mass is 10.1. The van der Waals surface area contributed by atoms with Gasteiger partial charge in [0.05, 0.1) is 5.56 Å². The van der Waals surface area contributed by atoms with Crippen molar-refractivity contribution in [2.45, 2.75) is 25.7 Å². The summed E-state index contributed by atoms with van der Waals surface area (Å²) in [5, 5.41) is 4.00. The molecule has 0 aliphatic rings. The summed E-state index contributed by atoms with van der Waals surface area (Å²) in [4.78, 5) is 25.8. The third kappa shape index (κ3) is 3.98. The maximum Gasteiger partial charge on any atom is 0.338 e. The van der Waals surface area contributed by atoms with E-state index in [0.717, 1.165) is 16.3 Å². The van der Waals surface area contributed by atoms with E-state index in [4.69, 9.17) is 9.26 Å². The van der Waals surface area contributed by atoms with E-state index >= 15 is 0 Å². The quantitative estimate of drug-likeness (QED) is 0.361. The molecular formula is C20H20N2O4S. The average Bonchev–Trinajstić information content (AvgIpc) is 3.21. The van der Waals surface area contributed by atoms with Crippen LogP contribution in [0.5, 0.6) is 0 Å². The molecule has 0 radical (unpaired) electrons. The van der Waals surface area contributed by atoms with Crippen molar-refractivity contribution in [1.82, 2.24) is 9.72 Å². The molecule has 0 atom stereocenters. The Labute approximate surface area is 161 Å². The topological polar surface area (TPSA) is 74.3 Å². The molecule has 7 heteroatoms. The number of carbonyl (C=O) groups excluding carboxylic acids is 2. The van der Waals surface area contributed by atoms with Gasteiger partial charge in [0.1, 0.15) is 5.76 Å². The van der Waals surface area contributed by atoms with Gasteiger partial charge < -0.3 is 9.26 Å². The number of benzene rings is 1. The number of nitrogens with zero attached hydrogens (tertiary/aromatic N) is 2. The van der Waals surface area contributed by atoms with Crippen LogP contribution in [0.15, 0.2) is 45.8 Å². The fourth-order valence-electron chi connectivity index (χ4n) is 2.88. The first kappa shape index (κ1) is 19.0. The van der Waals surface area contributed by atoms with Crippen LogP contribution in [0, 0.1) is 20.8 Å². The molecule has 0 amide bonds. The summed E-state index contributed by atoms with van der Waals surface area (Å²) < 4.78 is 12.1. The Morgan fingerprint density at radius 2 is 1.85 bits per heavy atom. The van der Waals surface area contributed by atoms with Gasteiger partial charge in [-0.15, -0.1) is 11.8 Å². The second kappa shape index (κ2) is 7.84. The molecule has 3 aromatic rings. The maximum absolute atomic E-state index is 12.6. The summed E-state index contributed by atoms with van der Waals surface area (Å²) in [6.45, 7) is 5.20. The Morgan fingerprint density at radius 1 is 1.15 bits per heavy atom. The predicted molar refractivity (Wildman–Crippen MR) is 103 cm³/mol. The first-order chi connectivity index (χ1) is 12.9.